The third kappa shape index (κ3) is 3.34. The first kappa shape index (κ1) is 12.2. The number of amides is 3. The van der Waals surface area contributed by atoms with Gasteiger partial charge in [-0.1, -0.05) is 0 Å². The van der Waals surface area contributed by atoms with Gasteiger partial charge >= 0.3 is 5.97 Å². The van der Waals surface area contributed by atoms with Crippen LogP contribution in [-0.4, -0.2) is 28.8 Å². The van der Waals surface area contributed by atoms with E-state index in [9.17, 15) is 19.2 Å². The van der Waals surface area contributed by atoms with Gasteiger partial charge in [-0.2, -0.15) is 0 Å². The van der Waals surface area contributed by atoms with Crippen molar-refractivity contribution < 1.29 is 24.0 Å². The van der Waals surface area contributed by atoms with E-state index in [-0.39, 0.29) is 32.1 Å². The molecule has 0 aromatic carbocycles. The van der Waals surface area contributed by atoms with Crippen LogP contribution in [0.15, 0.2) is 0 Å². The van der Waals surface area contributed by atoms with Crippen molar-refractivity contribution >= 4 is 23.7 Å². The van der Waals surface area contributed by atoms with Crippen LogP contribution in [0.4, 0.5) is 0 Å². The lowest BCUT2D eigenvalue weighted by Gasteiger charge is -2.11. The molecule has 1 rings (SSSR count). The highest BCUT2D eigenvalue weighted by atomic mass is 16.7. The highest BCUT2D eigenvalue weighted by Gasteiger charge is 2.32. The molecule has 0 radical (unpaired) electrons. The zero-order valence-electron chi connectivity index (χ0n) is 8.60. The van der Waals surface area contributed by atoms with Gasteiger partial charge in [-0.05, 0) is 6.42 Å². The van der Waals surface area contributed by atoms with Gasteiger partial charge in [0, 0.05) is 25.7 Å². The zero-order chi connectivity index (χ0) is 12.1. The van der Waals surface area contributed by atoms with Crippen LogP contribution in [0, 0.1) is 0 Å². The summed E-state index contributed by atoms with van der Waals surface area (Å²) in [6.45, 7) is 0. The van der Waals surface area contributed by atoms with Crippen molar-refractivity contribution in [3.05, 3.63) is 0 Å². The van der Waals surface area contributed by atoms with Crippen LogP contribution in [0.1, 0.15) is 32.1 Å². The monoisotopic (exact) mass is 228 g/mol. The Morgan fingerprint density at radius 2 is 1.75 bits per heavy atom. The molecular formula is C9H12N2O5. The molecule has 0 aromatic rings. The SMILES string of the molecule is NC(=O)CCCC(=O)ON1C(=O)CCC1=O. The number of nitrogens with zero attached hydrogens (tertiary/aromatic N) is 1. The number of hydrogen-bond donors (Lipinski definition) is 1. The Morgan fingerprint density at radius 3 is 2.25 bits per heavy atom. The van der Waals surface area contributed by atoms with E-state index in [0.717, 1.165) is 0 Å². The second-order valence-electron chi connectivity index (χ2n) is 3.37. The van der Waals surface area contributed by atoms with Crippen molar-refractivity contribution in [2.45, 2.75) is 32.1 Å². The average molecular weight is 228 g/mol. The van der Waals surface area contributed by atoms with E-state index < -0.39 is 23.7 Å². The predicted molar refractivity (Wildman–Crippen MR) is 50.2 cm³/mol. The van der Waals surface area contributed by atoms with E-state index >= 15 is 0 Å². The minimum atomic E-state index is -0.718. The highest BCUT2D eigenvalue weighted by molar-refractivity contribution is 6.01. The summed E-state index contributed by atoms with van der Waals surface area (Å²) in [5, 5.41) is 0.479. The molecule has 0 aliphatic carbocycles. The Morgan fingerprint density at radius 1 is 1.19 bits per heavy atom. The normalized spacial score (nSPS) is 15.4. The summed E-state index contributed by atoms with van der Waals surface area (Å²) in [6, 6.07) is 0. The number of hydroxylamine groups is 2. The summed E-state index contributed by atoms with van der Waals surface area (Å²) in [6.07, 6.45) is 0.377. The molecule has 3 amide bonds. The molecule has 1 heterocycles. The smallest absolute Gasteiger partial charge is 0.333 e. The molecule has 1 aliphatic rings. The number of carbonyl (C=O) groups excluding carboxylic acids is 4. The molecule has 16 heavy (non-hydrogen) atoms. The van der Waals surface area contributed by atoms with E-state index in [2.05, 4.69) is 4.84 Å². The van der Waals surface area contributed by atoms with E-state index in [1.807, 2.05) is 0 Å². The third-order valence-electron chi connectivity index (χ3n) is 2.00. The van der Waals surface area contributed by atoms with Crippen molar-refractivity contribution in [2.24, 2.45) is 5.73 Å². The number of hydrogen-bond acceptors (Lipinski definition) is 5. The standard InChI is InChI=1S/C9H12N2O5/c10-6(12)2-1-3-9(15)16-11-7(13)4-5-8(11)14/h1-5H2,(H2,10,12). The van der Waals surface area contributed by atoms with Gasteiger partial charge in [0.05, 0.1) is 0 Å². The number of rotatable bonds is 5. The van der Waals surface area contributed by atoms with Crippen molar-refractivity contribution in [1.29, 1.82) is 0 Å². The highest BCUT2D eigenvalue weighted by Crippen LogP contribution is 2.13. The maximum Gasteiger partial charge on any atom is 0.333 e. The second-order valence-corrected chi connectivity index (χ2v) is 3.37. The molecule has 7 nitrogen and oxygen atoms in total. The number of imide groups is 1. The van der Waals surface area contributed by atoms with Crippen LogP contribution in [0.25, 0.3) is 0 Å². The van der Waals surface area contributed by atoms with Gasteiger partial charge in [0.25, 0.3) is 11.8 Å². The molecule has 88 valence electrons. The molecule has 0 spiro atoms. The summed E-state index contributed by atoms with van der Waals surface area (Å²) in [5.74, 6) is -2.27. The Hall–Kier alpha value is -1.92. The van der Waals surface area contributed by atoms with Crippen molar-refractivity contribution in [1.82, 2.24) is 5.06 Å². The lowest BCUT2D eigenvalue weighted by molar-refractivity contribution is -0.197. The van der Waals surface area contributed by atoms with Crippen molar-refractivity contribution in [2.75, 3.05) is 0 Å². The van der Waals surface area contributed by atoms with Gasteiger partial charge in [0.15, 0.2) is 0 Å². The minimum absolute atomic E-state index is 0.0556. The van der Waals surface area contributed by atoms with Gasteiger partial charge < -0.3 is 10.6 Å². The van der Waals surface area contributed by atoms with Gasteiger partial charge in [-0.3, -0.25) is 14.4 Å². The molecule has 0 saturated carbocycles. The first-order valence-electron chi connectivity index (χ1n) is 4.85. The molecule has 2 N–H and O–H groups in total. The largest absolute Gasteiger partial charge is 0.370 e. The summed E-state index contributed by atoms with van der Waals surface area (Å²) in [4.78, 5) is 48.2. The number of primary amides is 1. The molecular weight excluding hydrogens is 216 g/mol. The number of nitrogens with two attached hydrogens (primary N) is 1. The second kappa shape index (κ2) is 5.24. The zero-order valence-corrected chi connectivity index (χ0v) is 8.60. The molecule has 0 aromatic heterocycles. The summed E-state index contributed by atoms with van der Waals surface area (Å²) < 4.78 is 0. The molecule has 7 heteroatoms. The molecule has 1 fully saturated rings. The molecule has 1 aliphatic heterocycles. The maximum atomic E-state index is 11.2. The van der Waals surface area contributed by atoms with E-state index in [0.29, 0.717) is 5.06 Å². The van der Waals surface area contributed by atoms with Gasteiger partial charge in [0.1, 0.15) is 0 Å². The van der Waals surface area contributed by atoms with Crippen molar-refractivity contribution in [3.63, 3.8) is 0 Å². The maximum absolute atomic E-state index is 11.2. The molecule has 1 saturated heterocycles. The molecule has 0 unspecified atom stereocenters. The first-order chi connectivity index (χ1) is 7.50. The lowest BCUT2D eigenvalue weighted by atomic mass is 10.2. The van der Waals surface area contributed by atoms with Gasteiger partial charge in [-0.25, -0.2) is 4.79 Å². The topological polar surface area (TPSA) is 107 Å². The van der Waals surface area contributed by atoms with E-state index in [1.165, 1.54) is 0 Å². The Balaban J connectivity index is 2.31. The fraction of sp³-hybridized carbons (Fsp3) is 0.556. The molecule has 0 atom stereocenters. The Bertz CT molecular complexity index is 323. The summed E-state index contributed by atoms with van der Waals surface area (Å²) >= 11 is 0. The van der Waals surface area contributed by atoms with Crippen LogP contribution in [0.3, 0.4) is 0 Å². The van der Waals surface area contributed by atoms with Crippen LogP contribution < -0.4 is 5.73 Å². The lowest BCUT2D eigenvalue weighted by Crippen LogP contribution is -2.32. The van der Waals surface area contributed by atoms with E-state index in [1.54, 1.807) is 0 Å². The fourth-order valence-corrected chi connectivity index (χ4v) is 1.21. The minimum Gasteiger partial charge on any atom is -0.370 e. The van der Waals surface area contributed by atoms with Crippen LogP contribution in [0.5, 0.6) is 0 Å². The summed E-state index contributed by atoms with van der Waals surface area (Å²) in [5.41, 5.74) is 4.88. The van der Waals surface area contributed by atoms with Crippen LogP contribution >= 0.6 is 0 Å². The van der Waals surface area contributed by atoms with Gasteiger partial charge in [0.2, 0.25) is 5.91 Å². The third-order valence-corrected chi connectivity index (χ3v) is 2.00. The van der Waals surface area contributed by atoms with Gasteiger partial charge in [-0.15, -0.1) is 5.06 Å². The quantitative estimate of drug-likeness (QED) is 0.623. The Labute approximate surface area is 91.5 Å². The number of carbonyl (C=O) groups is 4. The Kier molecular flexibility index (Phi) is 3.98. The summed E-state index contributed by atoms with van der Waals surface area (Å²) in [7, 11) is 0. The van der Waals surface area contributed by atoms with Crippen LogP contribution in [-0.2, 0) is 24.0 Å². The fourth-order valence-electron chi connectivity index (χ4n) is 1.21. The van der Waals surface area contributed by atoms with E-state index in [4.69, 9.17) is 5.73 Å². The average Bonchev–Trinajstić information content (AvgIpc) is 2.49. The van der Waals surface area contributed by atoms with Crippen molar-refractivity contribution in [3.8, 4) is 0 Å². The molecule has 0 bridgehead atoms. The predicted octanol–water partition coefficient (Wildman–Crippen LogP) is -0.751. The van der Waals surface area contributed by atoms with Crippen LogP contribution in [0.2, 0.25) is 0 Å². The first-order valence-corrected chi connectivity index (χ1v) is 4.85.